The van der Waals surface area contributed by atoms with E-state index in [-0.39, 0.29) is 0 Å². The molecule has 0 aliphatic rings. The number of anilines is 3. The Morgan fingerprint density at radius 2 is 2.16 bits per heavy atom. The fourth-order valence-electron chi connectivity index (χ4n) is 1.66. The highest BCUT2D eigenvalue weighted by Crippen LogP contribution is 2.19. The van der Waals surface area contributed by atoms with Crippen molar-refractivity contribution < 1.29 is 0 Å². The minimum absolute atomic E-state index is 0.455. The zero-order valence-electron chi connectivity index (χ0n) is 10.4. The first-order valence-electron chi connectivity index (χ1n) is 6.03. The van der Waals surface area contributed by atoms with E-state index in [0.29, 0.717) is 23.3 Å². The van der Waals surface area contributed by atoms with Crippen molar-refractivity contribution in [1.29, 1.82) is 0 Å². The number of hydrogen-bond acceptors (Lipinski definition) is 5. The molecule has 0 atom stereocenters. The predicted molar refractivity (Wildman–Crippen MR) is 78.6 cm³/mol. The Morgan fingerprint density at radius 3 is 2.84 bits per heavy atom. The number of nitrogens with two attached hydrogens (primary N) is 2. The second kappa shape index (κ2) is 6.36. The van der Waals surface area contributed by atoms with Crippen molar-refractivity contribution in [3.8, 4) is 0 Å². The van der Waals surface area contributed by atoms with Gasteiger partial charge in [0, 0.05) is 22.5 Å². The van der Waals surface area contributed by atoms with Crippen LogP contribution >= 0.6 is 11.6 Å². The zero-order valence-corrected chi connectivity index (χ0v) is 11.2. The van der Waals surface area contributed by atoms with Crippen molar-refractivity contribution in [2.45, 2.75) is 12.8 Å². The van der Waals surface area contributed by atoms with Gasteiger partial charge in [-0.15, -0.1) is 0 Å². The van der Waals surface area contributed by atoms with E-state index in [9.17, 15) is 0 Å². The van der Waals surface area contributed by atoms with Crippen LogP contribution in [0.15, 0.2) is 30.5 Å². The SMILES string of the molecule is NCCCc1cnc(Nc2cccc(Cl)c2)nc1N. The second-order valence-electron chi connectivity index (χ2n) is 4.13. The molecule has 2 rings (SSSR count). The third-order valence-corrected chi connectivity index (χ3v) is 2.86. The molecule has 0 fully saturated rings. The summed E-state index contributed by atoms with van der Waals surface area (Å²) in [5.74, 6) is 0.934. The molecule has 1 aromatic carbocycles. The molecule has 6 heteroatoms. The quantitative estimate of drug-likeness (QED) is 0.780. The van der Waals surface area contributed by atoms with Crippen LogP contribution in [0, 0.1) is 0 Å². The van der Waals surface area contributed by atoms with E-state index in [2.05, 4.69) is 15.3 Å². The van der Waals surface area contributed by atoms with Crippen LogP contribution in [0.3, 0.4) is 0 Å². The summed E-state index contributed by atoms with van der Waals surface area (Å²) in [5.41, 5.74) is 13.1. The lowest BCUT2D eigenvalue weighted by atomic mass is 10.2. The number of rotatable bonds is 5. The highest BCUT2D eigenvalue weighted by molar-refractivity contribution is 6.30. The van der Waals surface area contributed by atoms with Crippen molar-refractivity contribution in [2.75, 3.05) is 17.6 Å². The van der Waals surface area contributed by atoms with Crippen molar-refractivity contribution in [3.63, 3.8) is 0 Å². The van der Waals surface area contributed by atoms with Gasteiger partial charge in [-0.2, -0.15) is 4.98 Å². The maximum Gasteiger partial charge on any atom is 0.229 e. The van der Waals surface area contributed by atoms with E-state index < -0.39 is 0 Å². The molecule has 0 saturated heterocycles. The van der Waals surface area contributed by atoms with Crippen molar-refractivity contribution >= 4 is 29.1 Å². The molecule has 0 bridgehead atoms. The monoisotopic (exact) mass is 277 g/mol. The van der Waals surface area contributed by atoms with Crippen molar-refractivity contribution in [2.24, 2.45) is 5.73 Å². The van der Waals surface area contributed by atoms with Gasteiger partial charge in [0.15, 0.2) is 0 Å². The summed E-state index contributed by atoms with van der Waals surface area (Å²) in [6, 6.07) is 7.33. The molecule has 2 aromatic rings. The van der Waals surface area contributed by atoms with Gasteiger partial charge in [-0.3, -0.25) is 0 Å². The number of nitrogen functional groups attached to an aromatic ring is 1. The lowest BCUT2D eigenvalue weighted by molar-refractivity contribution is 0.826. The van der Waals surface area contributed by atoms with Crippen LogP contribution in [0.25, 0.3) is 0 Å². The predicted octanol–water partition coefficient (Wildman–Crippen LogP) is 2.35. The van der Waals surface area contributed by atoms with Crippen LogP contribution in [0.1, 0.15) is 12.0 Å². The van der Waals surface area contributed by atoms with E-state index >= 15 is 0 Å². The Labute approximate surface area is 117 Å². The summed E-state index contributed by atoms with van der Waals surface area (Å²) in [7, 11) is 0. The van der Waals surface area contributed by atoms with Crippen LogP contribution in [0.5, 0.6) is 0 Å². The number of benzene rings is 1. The summed E-state index contributed by atoms with van der Waals surface area (Å²) < 4.78 is 0. The van der Waals surface area contributed by atoms with E-state index in [1.807, 2.05) is 12.1 Å². The summed E-state index contributed by atoms with van der Waals surface area (Å²) in [4.78, 5) is 8.45. The van der Waals surface area contributed by atoms with Crippen molar-refractivity contribution in [1.82, 2.24) is 9.97 Å². The summed E-state index contributed by atoms with van der Waals surface area (Å²) in [6.45, 7) is 0.627. The molecule has 19 heavy (non-hydrogen) atoms. The van der Waals surface area contributed by atoms with E-state index in [4.69, 9.17) is 23.1 Å². The highest BCUT2D eigenvalue weighted by Gasteiger charge is 2.04. The van der Waals surface area contributed by atoms with Gasteiger partial charge < -0.3 is 16.8 Å². The van der Waals surface area contributed by atoms with Gasteiger partial charge in [-0.1, -0.05) is 17.7 Å². The van der Waals surface area contributed by atoms with Gasteiger partial charge in [-0.05, 0) is 37.6 Å². The zero-order chi connectivity index (χ0) is 13.7. The van der Waals surface area contributed by atoms with Crippen LogP contribution in [-0.2, 0) is 6.42 Å². The Bertz CT molecular complexity index is 558. The van der Waals surface area contributed by atoms with Gasteiger partial charge in [0.05, 0.1) is 0 Å². The van der Waals surface area contributed by atoms with Crippen molar-refractivity contribution in [3.05, 3.63) is 41.0 Å². The van der Waals surface area contributed by atoms with Crippen LogP contribution in [0.4, 0.5) is 17.5 Å². The average molecular weight is 278 g/mol. The summed E-state index contributed by atoms with van der Waals surface area (Å²) in [5, 5.41) is 3.71. The molecule has 0 aliphatic carbocycles. The summed E-state index contributed by atoms with van der Waals surface area (Å²) in [6.07, 6.45) is 3.39. The molecule has 0 unspecified atom stereocenters. The number of aromatic nitrogens is 2. The van der Waals surface area contributed by atoms with Gasteiger partial charge >= 0.3 is 0 Å². The number of hydrogen-bond donors (Lipinski definition) is 3. The molecule has 0 saturated carbocycles. The average Bonchev–Trinajstić information content (AvgIpc) is 2.38. The Kier molecular flexibility index (Phi) is 4.54. The van der Waals surface area contributed by atoms with Crippen LogP contribution in [0.2, 0.25) is 5.02 Å². The first kappa shape index (κ1) is 13.6. The Hall–Kier alpha value is -1.85. The van der Waals surface area contributed by atoms with Gasteiger partial charge in [0.25, 0.3) is 0 Å². The maximum atomic E-state index is 5.91. The number of nitrogens with one attached hydrogen (secondary N) is 1. The molecule has 0 radical (unpaired) electrons. The lowest BCUT2D eigenvalue weighted by Crippen LogP contribution is -2.06. The van der Waals surface area contributed by atoms with Gasteiger partial charge in [0.2, 0.25) is 5.95 Å². The molecule has 0 spiro atoms. The minimum atomic E-state index is 0.455. The fourth-order valence-corrected chi connectivity index (χ4v) is 1.85. The van der Waals surface area contributed by atoms with E-state index in [1.165, 1.54) is 0 Å². The first-order chi connectivity index (χ1) is 9.19. The molecule has 0 aliphatic heterocycles. The van der Waals surface area contributed by atoms with E-state index in [0.717, 1.165) is 24.1 Å². The topological polar surface area (TPSA) is 89.8 Å². The standard InChI is InChI=1S/C13H16ClN5/c14-10-4-1-5-11(7-10)18-13-17-8-9(3-2-6-15)12(16)19-13/h1,4-5,7-8H,2-3,6,15H2,(H3,16,17,18,19). The molecule has 0 amide bonds. The third kappa shape index (κ3) is 3.81. The van der Waals surface area contributed by atoms with Gasteiger partial charge in [0.1, 0.15) is 5.82 Å². The molecule has 1 aromatic heterocycles. The van der Waals surface area contributed by atoms with E-state index in [1.54, 1.807) is 18.3 Å². The highest BCUT2D eigenvalue weighted by atomic mass is 35.5. The molecule has 5 nitrogen and oxygen atoms in total. The Morgan fingerprint density at radius 1 is 1.32 bits per heavy atom. The number of aryl methyl sites for hydroxylation is 1. The summed E-state index contributed by atoms with van der Waals surface area (Å²) >= 11 is 5.91. The maximum absolute atomic E-state index is 5.91. The largest absolute Gasteiger partial charge is 0.383 e. The molecular weight excluding hydrogens is 262 g/mol. The minimum Gasteiger partial charge on any atom is -0.383 e. The Balaban J connectivity index is 2.11. The van der Waals surface area contributed by atoms with Gasteiger partial charge in [-0.25, -0.2) is 4.98 Å². The number of nitrogens with zero attached hydrogens (tertiary/aromatic N) is 2. The second-order valence-corrected chi connectivity index (χ2v) is 4.57. The lowest BCUT2D eigenvalue weighted by Gasteiger charge is -2.08. The third-order valence-electron chi connectivity index (χ3n) is 2.63. The molecule has 100 valence electrons. The molecular formula is C13H16ClN5. The smallest absolute Gasteiger partial charge is 0.229 e. The van der Waals surface area contributed by atoms with Crippen LogP contribution < -0.4 is 16.8 Å². The molecule has 1 heterocycles. The normalized spacial score (nSPS) is 10.4. The first-order valence-corrected chi connectivity index (χ1v) is 6.41. The number of halogens is 1. The van der Waals surface area contributed by atoms with Crippen LogP contribution in [-0.4, -0.2) is 16.5 Å². The molecule has 5 N–H and O–H groups in total. The fraction of sp³-hybridized carbons (Fsp3) is 0.231.